The van der Waals surface area contributed by atoms with Gasteiger partial charge in [-0.25, -0.2) is 9.07 Å². The molecule has 0 radical (unpaired) electrons. The lowest BCUT2D eigenvalue weighted by atomic mass is 10.2. The Morgan fingerprint density at radius 3 is 3.00 bits per heavy atom. The van der Waals surface area contributed by atoms with Crippen LogP contribution in [0.25, 0.3) is 5.69 Å². The van der Waals surface area contributed by atoms with Crippen molar-refractivity contribution in [3.8, 4) is 5.69 Å². The molecule has 1 N–H and O–H groups in total. The topological polar surface area (TPSA) is 50.9 Å². The van der Waals surface area contributed by atoms with Gasteiger partial charge in [-0.3, -0.25) is 0 Å². The van der Waals surface area contributed by atoms with Gasteiger partial charge in [0.25, 0.3) is 0 Å². The van der Waals surface area contributed by atoms with Gasteiger partial charge in [0.15, 0.2) is 0 Å². The van der Waals surface area contributed by atoms with Crippen molar-refractivity contribution in [3.63, 3.8) is 0 Å². The Morgan fingerprint density at radius 2 is 2.24 bits per heavy atom. The summed E-state index contributed by atoms with van der Waals surface area (Å²) in [4.78, 5) is 0. The molecule has 4 nitrogen and oxygen atoms in total. The summed E-state index contributed by atoms with van der Waals surface area (Å²) in [5, 5.41) is 16.5. The van der Waals surface area contributed by atoms with Crippen LogP contribution in [0.3, 0.4) is 0 Å². The summed E-state index contributed by atoms with van der Waals surface area (Å²) in [7, 11) is 0. The molecular formula is C12H14FN3O. The molecule has 0 aliphatic heterocycles. The van der Waals surface area contributed by atoms with Crippen molar-refractivity contribution in [1.29, 1.82) is 0 Å². The highest BCUT2D eigenvalue weighted by Crippen LogP contribution is 2.14. The Labute approximate surface area is 98.7 Å². The van der Waals surface area contributed by atoms with E-state index < -0.39 is 0 Å². The maximum absolute atomic E-state index is 13.6. The fourth-order valence-electron chi connectivity index (χ4n) is 1.59. The monoisotopic (exact) mass is 235 g/mol. The van der Waals surface area contributed by atoms with Crippen molar-refractivity contribution in [2.45, 2.75) is 19.8 Å². The Morgan fingerprint density at radius 1 is 1.41 bits per heavy atom. The highest BCUT2D eigenvalue weighted by molar-refractivity contribution is 5.36. The molecule has 0 amide bonds. The van der Waals surface area contributed by atoms with Crippen LogP contribution in [-0.2, 0) is 6.42 Å². The number of aliphatic hydroxyl groups is 1. The second-order valence-corrected chi connectivity index (χ2v) is 3.94. The van der Waals surface area contributed by atoms with E-state index in [4.69, 9.17) is 5.11 Å². The molecule has 17 heavy (non-hydrogen) atoms. The van der Waals surface area contributed by atoms with Crippen LogP contribution in [0, 0.1) is 12.7 Å². The van der Waals surface area contributed by atoms with Gasteiger partial charge in [-0.15, -0.1) is 5.10 Å². The third kappa shape index (κ3) is 2.68. The van der Waals surface area contributed by atoms with Crippen LogP contribution in [-0.4, -0.2) is 26.7 Å². The van der Waals surface area contributed by atoms with Gasteiger partial charge in [0.05, 0.1) is 11.9 Å². The highest BCUT2D eigenvalue weighted by atomic mass is 19.1. The number of halogens is 1. The highest BCUT2D eigenvalue weighted by Gasteiger charge is 2.07. The third-order valence-electron chi connectivity index (χ3n) is 2.48. The number of hydrogen-bond donors (Lipinski definition) is 1. The summed E-state index contributed by atoms with van der Waals surface area (Å²) < 4.78 is 15.0. The Balaban J connectivity index is 2.27. The molecule has 1 aromatic heterocycles. The van der Waals surface area contributed by atoms with Gasteiger partial charge in [0.1, 0.15) is 11.5 Å². The smallest absolute Gasteiger partial charge is 0.148 e. The molecule has 0 atom stereocenters. The minimum atomic E-state index is -0.325. The Kier molecular flexibility index (Phi) is 3.49. The third-order valence-corrected chi connectivity index (χ3v) is 2.48. The van der Waals surface area contributed by atoms with Crippen molar-refractivity contribution >= 4 is 0 Å². The number of nitrogens with zero attached hydrogens (tertiary/aromatic N) is 3. The normalized spacial score (nSPS) is 10.8. The molecule has 0 spiro atoms. The molecule has 0 fully saturated rings. The molecule has 0 aliphatic rings. The fourth-order valence-corrected chi connectivity index (χ4v) is 1.59. The number of aromatic nitrogens is 3. The SMILES string of the molecule is Cc1ccc(F)c(-n2cc(CCCO)nn2)c1. The molecule has 1 aromatic carbocycles. The van der Waals surface area contributed by atoms with E-state index in [-0.39, 0.29) is 12.4 Å². The first-order valence-corrected chi connectivity index (χ1v) is 5.49. The van der Waals surface area contributed by atoms with Crippen LogP contribution in [0.1, 0.15) is 17.7 Å². The largest absolute Gasteiger partial charge is 0.396 e. The molecule has 0 saturated heterocycles. The van der Waals surface area contributed by atoms with E-state index in [1.54, 1.807) is 18.3 Å². The summed E-state index contributed by atoms with van der Waals surface area (Å²) in [6, 6.07) is 4.85. The average Bonchev–Trinajstić information content (AvgIpc) is 2.78. The summed E-state index contributed by atoms with van der Waals surface area (Å²) in [6.45, 7) is 2.01. The number of aryl methyl sites for hydroxylation is 2. The van der Waals surface area contributed by atoms with Crippen LogP contribution in [0.15, 0.2) is 24.4 Å². The molecule has 0 saturated carbocycles. The fraction of sp³-hybridized carbons (Fsp3) is 0.333. The van der Waals surface area contributed by atoms with E-state index in [1.807, 2.05) is 6.92 Å². The molecule has 0 bridgehead atoms. The summed E-state index contributed by atoms with van der Waals surface area (Å²) in [6.07, 6.45) is 2.96. The summed E-state index contributed by atoms with van der Waals surface area (Å²) in [5.41, 5.74) is 2.11. The van der Waals surface area contributed by atoms with Crippen LogP contribution < -0.4 is 0 Å². The minimum absolute atomic E-state index is 0.117. The van der Waals surface area contributed by atoms with Crippen LogP contribution in [0.5, 0.6) is 0 Å². The summed E-state index contributed by atoms with van der Waals surface area (Å²) in [5.74, 6) is -0.325. The molecule has 90 valence electrons. The average molecular weight is 235 g/mol. The van der Waals surface area contributed by atoms with Gasteiger partial charge < -0.3 is 5.11 Å². The van der Waals surface area contributed by atoms with Crippen LogP contribution in [0.2, 0.25) is 0 Å². The molecule has 2 aromatic rings. The molecule has 1 heterocycles. The maximum Gasteiger partial charge on any atom is 0.148 e. The number of rotatable bonds is 4. The van der Waals surface area contributed by atoms with Crippen molar-refractivity contribution < 1.29 is 9.50 Å². The lowest BCUT2D eigenvalue weighted by Crippen LogP contribution is -1.99. The lowest BCUT2D eigenvalue weighted by molar-refractivity contribution is 0.288. The first-order chi connectivity index (χ1) is 8.20. The van der Waals surface area contributed by atoms with Crippen LogP contribution >= 0.6 is 0 Å². The molecule has 0 unspecified atom stereocenters. The van der Waals surface area contributed by atoms with Crippen LogP contribution in [0.4, 0.5) is 4.39 Å². The van der Waals surface area contributed by atoms with E-state index in [9.17, 15) is 4.39 Å². The molecule has 5 heteroatoms. The van der Waals surface area contributed by atoms with E-state index in [0.29, 0.717) is 18.5 Å². The quantitative estimate of drug-likeness (QED) is 0.876. The Bertz CT molecular complexity index is 510. The second kappa shape index (κ2) is 5.05. The zero-order valence-electron chi connectivity index (χ0n) is 9.60. The van der Waals surface area contributed by atoms with Crippen molar-refractivity contribution in [2.24, 2.45) is 0 Å². The molecule has 2 rings (SSSR count). The van der Waals surface area contributed by atoms with Crippen molar-refractivity contribution in [2.75, 3.05) is 6.61 Å². The number of benzene rings is 1. The van der Waals surface area contributed by atoms with Gasteiger partial charge in [0.2, 0.25) is 0 Å². The van der Waals surface area contributed by atoms with E-state index in [0.717, 1.165) is 11.3 Å². The predicted octanol–water partition coefficient (Wildman–Crippen LogP) is 1.64. The van der Waals surface area contributed by atoms with Gasteiger partial charge >= 0.3 is 0 Å². The number of aliphatic hydroxyl groups excluding tert-OH is 1. The molecular weight excluding hydrogens is 221 g/mol. The standard InChI is InChI=1S/C12H14FN3O/c1-9-4-5-11(13)12(7-9)16-8-10(14-15-16)3-2-6-17/h4-5,7-8,17H,2-3,6H2,1H3. The van der Waals surface area contributed by atoms with E-state index >= 15 is 0 Å². The zero-order chi connectivity index (χ0) is 12.3. The first kappa shape index (κ1) is 11.7. The van der Waals surface area contributed by atoms with Gasteiger partial charge in [-0.1, -0.05) is 11.3 Å². The van der Waals surface area contributed by atoms with Gasteiger partial charge in [-0.05, 0) is 37.5 Å². The van der Waals surface area contributed by atoms with Gasteiger partial charge in [0, 0.05) is 6.61 Å². The predicted molar refractivity (Wildman–Crippen MR) is 61.5 cm³/mol. The molecule has 0 aliphatic carbocycles. The van der Waals surface area contributed by atoms with Crippen molar-refractivity contribution in [3.05, 3.63) is 41.5 Å². The minimum Gasteiger partial charge on any atom is -0.396 e. The van der Waals surface area contributed by atoms with E-state index in [1.165, 1.54) is 10.7 Å². The second-order valence-electron chi connectivity index (χ2n) is 3.94. The summed E-state index contributed by atoms with van der Waals surface area (Å²) >= 11 is 0. The van der Waals surface area contributed by atoms with Gasteiger partial charge in [-0.2, -0.15) is 0 Å². The maximum atomic E-state index is 13.6. The van der Waals surface area contributed by atoms with Crippen molar-refractivity contribution in [1.82, 2.24) is 15.0 Å². The lowest BCUT2D eigenvalue weighted by Gasteiger charge is -2.02. The number of hydrogen-bond acceptors (Lipinski definition) is 3. The van der Waals surface area contributed by atoms with E-state index in [2.05, 4.69) is 10.3 Å². The zero-order valence-corrected chi connectivity index (χ0v) is 9.60. The Hall–Kier alpha value is -1.75. The first-order valence-electron chi connectivity index (χ1n) is 5.49.